The Hall–Kier alpha value is -1.44. The first-order valence-electron chi connectivity index (χ1n) is 4.39. The smallest absolute Gasteiger partial charge is 0.406 e. The zero-order valence-corrected chi connectivity index (χ0v) is 9.84. The van der Waals surface area contributed by atoms with E-state index in [2.05, 4.69) is 4.74 Å². The standard InChI is InChI=1S/C9H10F3NO3S/c1-13(17(2,14)15)7-4-3-5-8(6-7)16-9(10,11)12/h3-6H,1-2H3. The molecule has 0 radical (unpaired) electrons. The fourth-order valence-electron chi connectivity index (χ4n) is 1.07. The Morgan fingerprint density at radius 3 is 2.35 bits per heavy atom. The molecule has 96 valence electrons. The average Bonchev–Trinajstić information content (AvgIpc) is 2.12. The van der Waals surface area contributed by atoms with Gasteiger partial charge < -0.3 is 4.74 Å². The lowest BCUT2D eigenvalue weighted by Crippen LogP contribution is -2.25. The number of hydrogen-bond donors (Lipinski definition) is 0. The molecule has 0 saturated heterocycles. The van der Waals surface area contributed by atoms with Crippen molar-refractivity contribution in [1.82, 2.24) is 0 Å². The highest BCUT2D eigenvalue weighted by atomic mass is 32.2. The quantitative estimate of drug-likeness (QED) is 0.843. The van der Waals surface area contributed by atoms with Crippen LogP contribution in [0.5, 0.6) is 5.75 Å². The van der Waals surface area contributed by atoms with Crippen molar-refractivity contribution in [1.29, 1.82) is 0 Å². The summed E-state index contributed by atoms with van der Waals surface area (Å²) in [6.45, 7) is 0. The molecule has 0 fully saturated rings. The molecule has 8 heteroatoms. The molecule has 0 aliphatic heterocycles. The fourth-order valence-corrected chi connectivity index (χ4v) is 1.56. The van der Waals surface area contributed by atoms with E-state index in [-0.39, 0.29) is 5.69 Å². The Morgan fingerprint density at radius 2 is 1.88 bits per heavy atom. The number of hydrogen-bond acceptors (Lipinski definition) is 3. The van der Waals surface area contributed by atoms with Gasteiger partial charge in [-0.1, -0.05) is 6.07 Å². The van der Waals surface area contributed by atoms with Crippen LogP contribution in [0, 0.1) is 0 Å². The first-order valence-corrected chi connectivity index (χ1v) is 6.24. The summed E-state index contributed by atoms with van der Waals surface area (Å²) in [4.78, 5) is 0. The Kier molecular flexibility index (Phi) is 3.56. The fraction of sp³-hybridized carbons (Fsp3) is 0.333. The van der Waals surface area contributed by atoms with E-state index in [0.29, 0.717) is 0 Å². The maximum atomic E-state index is 12.0. The molecule has 0 unspecified atom stereocenters. The predicted molar refractivity (Wildman–Crippen MR) is 56.4 cm³/mol. The maximum Gasteiger partial charge on any atom is 0.573 e. The summed E-state index contributed by atoms with van der Waals surface area (Å²) in [6.07, 6.45) is -3.85. The van der Waals surface area contributed by atoms with Gasteiger partial charge in [-0.05, 0) is 12.1 Å². The molecule has 0 saturated carbocycles. The van der Waals surface area contributed by atoms with Crippen LogP contribution in [0.25, 0.3) is 0 Å². The highest BCUT2D eigenvalue weighted by molar-refractivity contribution is 7.92. The Labute approximate surface area is 96.7 Å². The Balaban J connectivity index is 3.02. The van der Waals surface area contributed by atoms with Crippen LogP contribution in [0.2, 0.25) is 0 Å². The Morgan fingerprint density at radius 1 is 1.29 bits per heavy atom. The molecule has 1 aromatic rings. The molecule has 1 aromatic carbocycles. The van der Waals surface area contributed by atoms with Gasteiger partial charge in [0.05, 0.1) is 11.9 Å². The molecule has 1 rings (SSSR count). The summed E-state index contributed by atoms with van der Waals surface area (Å²) in [5.74, 6) is -0.467. The van der Waals surface area contributed by atoms with Crippen LogP contribution in [-0.4, -0.2) is 28.1 Å². The van der Waals surface area contributed by atoms with E-state index < -0.39 is 22.1 Å². The molecule has 0 N–H and O–H groups in total. The third kappa shape index (κ3) is 4.14. The molecular weight excluding hydrogens is 259 g/mol. The average molecular weight is 269 g/mol. The molecule has 17 heavy (non-hydrogen) atoms. The maximum absolute atomic E-state index is 12.0. The van der Waals surface area contributed by atoms with Crippen LogP contribution >= 0.6 is 0 Å². The molecular formula is C9H10F3NO3S. The second-order valence-corrected chi connectivity index (χ2v) is 5.29. The number of alkyl halides is 3. The van der Waals surface area contributed by atoms with Gasteiger partial charge in [-0.3, -0.25) is 4.31 Å². The van der Waals surface area contributed by atoms with E-state index in [4.69, 9.17) is 0 Å². The number of nitrogens with zero attached hydrogens (tertiary/aromatic N) is 1. The van der Waals surface area contributed by atoms with Gasteiger partial charge in [0, 0.05) is 13.1 Å². The first kappa shape index (κ1) is 13.6. The minimum atomic E-state index is -4.80. The highest BCUT2D eigenvalue weighted by Crippen LogP contribution is 2.26. The lowest BCUT2D eigenvalue weighted by atomic mass is 10.3. The zero-order valence-electron chi connectivity index (χ0n) is 9.02. The SMILES string of the molecule is CN(c1cccc(OC(F)(F)F)c1)S(C)(=O)=O. The summed E-state index contributed by atoms with van der Waals surface area (Å²) in [5, 5.41) is 0. The van der Waals surface area contributed by atoms with Crippen molar-refractivity contribution in [2.75, 3.05) is 17.6 Å². The number of halogens is 3. The van der Waals surface area contributed by atoms with Gasteiger partial charge in [-0.15, -0.1) is 13.2 Å². The second-order valence-electron chi connectivity index (χ2n) is 3.28. The van der Waals surface area contributed by atoms with Crippen LogP contribution in [0.4, 0.5) is 18.9 Å². The van der Waals surface area contributed by atoms with Crippen molar-refractivity contribution in [3.05, 3.63) is 24.3 Å². The summed E-state index contributed by atoms with van der Waals surface area (Å²) in [7, 11) is -2.28. The first-order chi connectivity index (χ1) is 7.59. The van der Waals surface area contributed by atoms with Gasteiger partial charge >= 0.3 is 6.36 Å². The lowest BCUT2D eigenvalue weighted by molar-refractivity contribution is -0.274. The van der Waals surface area contributed by atoms with Gasteiger partial charge in [0.2, 0.25) is 10.0 Å². The molecule has 0 spiro atoms. The molecule has 0 heterocycles. The number of anilines is 1. The van der Waals surface area contributed by atoms with Gasteiger partial charge in [0.1, 0.15) is 5.75 Å². The summed E-state index contributed by atoms with van der Waals surface area (Å²) < 4.78 is 62.8. The van der Waals surface area contributed by atoms with Crippen molar-refractivity contribution in [3.63, 3.8) is 0 Å². The molecule has 0 bridgehead atoms. The van der Waals surface area contributed by atoms with E-state index in [1.165, 1.54) is 19.2 Å². The summed E-state index contributed by atoms with van der Waals surface area (Å²) in [5.41, 5.74) is 0.0919. The molecule has 0 atom stereocenters. The third-order valence-electron chi connectivity index (χ3n) is 1.91. The molecule has 4 nitrogen and oxygen atoms in total. The number of rotatable bonds is 3. The lowest BCUT2D eigenvalue weighted by Gasteiger charge is -2.17. The minimum absolute atomic E-state index is 0.0919. The minimum Gasteiger partial charge on any atom is -0.406 e. The van der Waals surface area contributed by atoms with E-state index in [1.807, 2.05) is 0 Å². The summed E-state index contributed by atoms with van der Waals surface area (Å²) in [6, 6.07) is 4.73. The van der Waals surface area contributed by atoms with Crippen molar-refractivity contribution in [2.45, 2.75) is 6.36 Å². The molecule has 0 aromatic heterocycles. The molecule has 0 aliphatic rings. The van der Waals surface area contributed by atoms with E-state index in [9.17, 15) is 21.6 Å². The summed E-state index contributed by atoms with van der Waals surface area (Å²) >= 11 is 0. The van der Waals surface area contributed by atoms with E-state index in [1.54, 1.807) is 0 Å². The highest BCUT2D eigenvalue weighted by Gasteiger charge is 2.31. The topological polar surface area (TPSA) is 46.6 Å². The number of benzene rings is 1. The van der Waals surface area contributed by atoms with Crippen LogP contribution in [0.1, 0.15) is 0 Å². The van der Waals surface area contributed by atoms with Crippen LogP contribution in [0.15, 0.2) is 24.3 Å². The van der Waals surface area contributed by atoms with E-state index >= 15 is 0 Å². The van der Waals surface area contributed by atoms with Crippen molar-refractivity contribution >= 4 is 15.7 Å². The van der Waals surface area contributed by atoms with Gasteiger partial charge in [0.25, 0.3) is 0 Å². The van der Waals surface area contributed by atoms with Crippen LogP contribution in [-0.2, 0) is 10.0 Å². The van der Waals surface area contributed by atoms with Gasteiger partial charge in [-0.25, -0.2) is 8.42 Å². The van der Waals surface area contributed by atoms with Crippen LogP contribution in [0.3, 0.4) is 0 Å². The number of sulfonamides is 1. The van der Waals surface area contributed by atoms with E-state index in [0.717, 1.165) is 22.7 Å². The van der Waals surface area contributed by atoms with Crippen molar-refractivity contribution in [2.24, 2.45) is 0 Å². The van der Waals surface area contributed by atoms with Gasteiger partial charge in [0.15, 0.2) is 0 Å². The van der Waals surface area contributed by atoms with Gasteiger partial charge in [-0.2, -0.15) is 0 Å². The monoisotopic (exact) mass is 269 g/mol. The third-order valence-corrected chi connectivity index (χ3v) is 3.12. The second kappa shape index (κ2) is 4.44. The molecule has 0 aliphatic carbocycles. The van der Waals surface area contributed by atoms with Crippen LogP contribution < -0.4 is 9.04 Å². The van der Waals surface area contributed by atoms with Crippen molar-refractivity contribution in [3.8, 4) is 5.75 Å². The number of ether oxygens (including phenoxy) is 1. The van der Waals surface area contributed by atoms with Crippen molar-refractivity contribution < 1.29 is 26.3 Å². The largest absolute Gasteiger partial charge is 0.573 e. The Bertz CT molecular complexity index is 498. The molecule has 0 amide bonds. The normalized spacial score (nSPS) is 12.3. The predicted octanol–water partition coefficient (Wildman–Crippen LogP) is 1.98. The zero-order chi connectivity index (χ0) is 13.3.